The van der Waals surface area contributed by atoms with Crippen LogP contribution in [0.15, 0.2) is 35.0 Å². The third-order valence-electron chi connectivity index (χ3n) is 4.32. The van der Waals surface area contributed by atoms with Gasteiger partial charge in [0.25, 0.3) is 0 Å². The standard InChI is InChI=1S/C18H21NO3S/c1-2-16(20-6-1)11-19(10-15-5-7-23-12-15)9-14-3-4-17-18(8-14)22-13-21-17/h3-5,7-8,12,16H,1-2,6,9-11,13H2. The van der Waals surface area contributed by atoms with Crippen molar-refractivity contribution in [2.24, 2.45) is 0 Å². The van der Waals surface area contributed by atoms with Crippen molar-refractivity contribution in [3.8, 4) is 11.5 Å². The Bertz CT molecular complexity index is 638. The Morgan fingerprint density at radius 1 is 1.09 bits per heavy atom. The van der Waals surface area contributed by atoms with Crippen LogP contribution >= 0.6 is 11.3 Å². The van der Waals surface area contributed by atoms with Gasteiger partial charge in [-0.05, 0) is 52.9 Å². The summed E-state index contributed by atoms with van der Waals surface area (Å²) >= 11 is 1.75. The van der Waals surface area contributed by atoms with Crippen molar-refractivity contribution in [2.75, 3.05) is 19.9 Å². The summed E-state index contributed by atoms with van der Waals surface area (Å²) in [5, 5.41) is 4.36. The van der Waals surface area contributed by atoms with E-state index in [0.29, 0.717) is 12.9 Å². The normalized spacial score (nSPS) is 19.6. The number of nitrogens with zero attached hydrogens (tertiary/aromatic N) is 1. The first kappa shape index (κ1) is 15.0. The minimum absolute atomic E-state index is 0.327. The van der Waals surface area contributed by atoms with Crippen LogP contribution in [0.5, 0.6) is 11.5 Å². The molecule has 2 aliphatic rings. The topological polar surface area (TPSA) is 30.9 Å². The van der Waals surface area contributed by atoms with E-state index in [1.807, 2.05) is 6.07 Å². The Morgan fingerprint density at radius 2 is 2.00 bits per heavy atom. The molecule has 0 N–H and O–H groups in total. The summed E-state index contributed by atoms with van der Waals surface area (Å²) in [4.78, 5) is 2.47. The zero-order valence-electron chi connectivity index (χ0n) is 13.1. The highest BCUT2D eigenvalue weighted by Crippen LogP contribution is 2.33. The number of rotatable bonds is 6. The van der Waals surface area contributed by atoms with E-state index in [2.05, 4.69) is 33.9 Å². The molecule has 5 heteroatoms. The van der Waals surface area contributed by atoms with E-state index in [-0.39, 0.29) is 0 Å². The molecule has 1 aromatic heterocycles. The summed E-state index contributed by atoms with van der Waals surface area (Å²) < 4.78 is 16.7. The highest BCUT2D eigenvalue weighted by Gasteiger charge is 2.21. The molecular formula is C18H21NO3S. The Balaban J connectivity index is 1.47. The second-order valence-corrected chi connectivity index (χ2v) is 6.90. The SMILES string of the molecule is c1cc(CN(Cc2ccc3c(c2)OCO3)CC2CCCO2)cs1. The molecule has 2 aromatic rings. The van der Waals surface area contributed by atoms with Gasteiger partial charge < -0.3 is 14.2 Å². The molecule has 4 nitrogen and oxygen atoms in total. The first-order valence-electron chi connectivity index (χ1n) is 8.10. The van der Waals surface area contributed by atoms with Crippen LogP contribution in [0.4, 0.5) is 0 Å². The maximum atomic E-state index is 5.83. The van der Waals surface area contributed by atoms with Crippen LogP contribution in [-0.2, 0) is 17.8 Å². The van der Waals surface area contributed by atoms with Crippen LogP contribution in [0.2, 0.25) is 0 Å². The number of ether oxygens (including phenoxy) is 3. The quantitative estimate of drug-likeness (QED) is 0.808. The van der Waals surface area contributed by atoms with Gasteiger partial charge in [-0.15, -0.1) is 0 Å². The van der Waals surface area contributed by atoms with E-state index < -0.39 is 0 Å². The zero-order chi connectivity index (χ0) is 15.5. The van der Waals surface area contributed by atoms with E-state index in [4.69, 9.17) is 14.2 Å². The molecule has 0 radical (unpaired) electrons. The molecule has 122 valence electrons. The molecule has 4 rings (SSSR count). The van der Waals surface area contributed by atoms with E-state index in [1.165, 1.54) is 24.0 Å². The largest absolute Gasteiger partial charge is 0.454 e. The maximum Gasteiger partial charge on any atom is 0.231 e. The van der Waals surface area contributed by atoms with Crippen LogP contribution in [0, 0.1) is 0 Å². The third kappa shape index (κ3) is 3.68. The molecule has 1 fully saturated rings. The Labute approximate surface area is 140 Å². The molecule has 0 saturated carbocycles. The molecule has 0 amide bonds. The van der Waals surface area contributed by atoms with Crippen LogP contribution < -0.4 is 9.47 Å². The lowest BCUT2D eigenvalue weighted by molar-refractivity contribution is 0.0679. The summed E-state index contributed by atoms with van der Waals surface area (Å²) in [6.07, 6.45) is 2.71. The molecule has 23 heavy (non-hydrogen) atoms. The lowest BCUT2D eigenvalue weighted by atomic mass is 10.1. The maximum absolute atomic E-state index is 5.83. The van der Waals surface area contributed by atoms with E-state index in [1.54, 1.807) is 11.3 Å². The van der Waals surface area contributed by atoms with Gasteiger partial charge in [-0.3, -0.25) is 4.90 Å². The van der Waals surface area contributed by atoms with Gasteiger partial charge in [-0.1, -0.05) is 6.07 Å². The fourth-order valence-electron chi connectivity index (χ4n) is 3.20. The summed E-state index contributed by atoms with van der Waals surface area (Å²) in [5.41, 5.74) is 2.62. The highest BCUT2D eigenvalue weighted by atomic mass is 32.1. The second kappa shape index (κ2) is 6.91. The third-order valence-corrected chi connectivity index (χ3v) is 5.05. The molecule has 0 aliphatic carbocycles. The molecule has 1 unspecified atom stereocenters. The van der Waals surface area contributed by atoms with Gasteiger partial charge in [0, 0.05) is 26.2 Å². The van der Waals surface area contributed by atoms with Crippen LogP contribution in [0.1, 0.15) is 24.0 Å². The molecule has 2 aliphatic heterocycles. The van der Waals surface area contributed by atoms with Gasteiger partial charge in [-0.2, -0.15) is 11.3 Å². The summed E-state index contributed by atoms with van der Waals surface area (Å²) in [7, 11) is 0. The van der Waals surface area contributed by atoms with E-state index in [0.717, 1.165) is 37.7 Å². The van der Waals surface area contributed by atoms with Gasteiger partial charge in [0.2, 0.25) is 6.79 Å². The first-order valence-corrected chi connectivity index (χ1v) is 9.05. The summed E-state index contributed by atoms with van der Waals surface area (Å²) in [5.74, 6) is 1.70. The highest BCUT2D eigenvalue weighted by molar-refractivity contribution is 7.07. The molecule has 0 spiro atoms. The van der Waals surface area contributed by atoms with E-state index >= 15 is 0 Å². The van der Waals surface area contributed by atoms with Crippen molar-refractivity contribution in [2.45, 2.75) is 32.0 Å². The van der Waals surface area contributed by atoms with E-state index in [9.17, 15) is 0 Å². The Hall–Kier alpha value is -1.56. The molecule has 1 saturated heterocycles. The average Bonchev–Trinajstić information content (AvgIpc) is 3.29. The van der Waals surface area contributed by atoms with Gasteiger partial charge in [0.05, 0.1) is 6.10 Å². The van der Waals surface area contributed by atoms with Crippen LogP contribution in [0.25, 0.3) is 0 Å². The van der Waals surface area contributed by atoms with Crippen molar-refractivity contribution in [1.29, 1.82) is 0 Å². The predicted octanol–water partition coefficient (Wildman–Crippen LogP) is 3.66. The minimum atomic E-state index is 0.327. The number of thiophene rings is 1. The Kier molecular flexibility index (Phi) is 4.50. The average molecular weight is 331 g/mol. The van der Waals surface area contributed by atoms with Crippen LogP contribution in [0.3, 0.4) is 0 Å². The monoisotopic (exact) mass is 331 g/mol. The van der Waals surface area contributed by atoms with Gasteiger partial charge in [-0.25, -0.2) is 0 Å². The van der Waals surface area contributed by atoms with Gasteiger partial charge >= 0.3 is 0 Å². The Morgan fingerprint density at radius 3 is 2.83 bits per heavy atom. The zero-order valence-corrected chi connectivity index (χ0v) is 13.9. The van der Waals surface area contributed by atoms with Crippen molar-refractivity contribution in [1.82, 2.24) is 4.90 Å². The molecule has 1 aromatic carbocycles. The number of fused-ring (bicyclic) bond motifs is 1. The van der Waals surface area contributed by atoms with Gasteiger partial charge in [0.1, 0.15) is 0 Å². The molecular weight excluding hydrogens is 310 g/mol. The number of hydrogen-bond donors (Lipinski definition) is 0. The van der Waals surface area contributed by atoms with Gasteiger partial charge in [0.15, 0.2) is 11.5 Å². The predicted molar refractivity (Wildman–Crippen MR) is 90.0 cm³/mol. The first-order chi connectivity index (χ1) is 11.4. The fourth-order valence-corrected chi connectivity index (χ4v) is 3.86. The minimum Gasteiger partial charge on any atom is -0.454 e. The summed E-state index contributed by atoms with van der Waals surface area (Å²) in [6, 6.07) is 8.43. The lowest BCUT2D eigenvalue weighted by Gasteiger charge is -2.25. The molecule has 1 atom stereocenters. The van der Waals surface area contributed by atoms with Crippen molar-refractivity contribution in [3.63, 3.8) is 0 Å². The van der Waals surface area contributed by atoms with Crippen LogP contribution in [-0.4, -0.2) is 30.9 Å². The number of benzene rings is 1. The second-order valence-electron chi connectivity index (χ2n) is 6.12. The summed E-state index contributed by atoms with van der Waals surface area (Å²) in [6.45, 7) is 4.06. The van der Waals surface area contributed by atoms with Crippen molar-refractivity contribution >= 4 is 11.3 Å². The smallest absolute Gasteiger partial charge is 0.231 e. The van der Waals surface area contributed by atoms with Crippen molar-refractivity contribution < 1.29 is 14.2 Å². The molecule has 0 bridgehead atoms. The number of hydrogen-bond acceptors (Lipinski definition) is 5. The lowest BCUT2D eigenvalue weighted by Crippen LogP contribution is -2.31. The van der Waals surface area contributed by atoms with Crippen molar-refractivity contribution in [3.05, 3.63) is 46.2 Å². The fraction of sp³-hybridized carbons (Fsp3) is 0.444. The molecule has 3 heterocycles.